The highest BCUT2D eigenvalue weighted by Crippen LogP contribution is 2.25. The van der Waals surface area contributed by atoms with Gasteiger partial charge in [-0.2, -0.15) is 0 Å². The van der Waals surface area contributed by atoms with Gasteiger partial charge in [-0.25, -0.2) is 4.39 Å². The van der Waals surface area contributed by atoms with Crippen LogP contribution in [0.5, 0.6) is 5.75 Å². The lowest BCUT2D eigenvalue weighted by Gasteiger charge is -2.07. The van der Waals surface area contributed by atoms with Crippen LogP contribution in [0.1, 0.15) is 5.82 Å². The molecule has 0 saturated carbocycles. The first-order valence-corrected chi connectivity index (χ1v) is 5.37. The lowest BCUT2D eigenvalue weighted by molar-refractivity contribution is 0.289. The molecule has 1 aromatic heterocycles. The van der Waals surface area contributed by atoms with Crippen LogP contribution in [0.2, 0.25) is 0 Å². The van der Waals surface area contributed by atoms with Crippen LogP contribution in [0, 0.1) is 5.82 Å². The fraction of sp³-hybridized carbons (Fsp3) is 0.200. The molecular weight excluding hydrogens is 277 g/mol. The van der Waals surface area contributed by atoms with E-state index in [2.05, 4.69) is 26.1 Å². The molecule has 0 atom stereocenters. The summed E-state index contributed by atoms with van der Waals surface area (Å²) in [5, 5.41) is 7.61. The SMILES string of the molecule is Cn1cnnc1COc1ccc(F)cc1Br. The van der Waals surface area contributed by atoms with Crippen LogP contribution in [0.4, 0.5) is 4.39 Å². The van der Waals surface area contributed by atoms with Gasteiger partial charge in [0.05, 0.1) is 4.47 Å². The van der Waals surface area contributed by atoms with Crippen LogP contribution < -0.4 is 4.74 Å². The average Bonchev–Trinajstić information content (AvgIpc) is 2.63. The van der Waals surface area contributed by atoms with Crippen molar-refractivity contribution in [1.82, 2.24) is 14.8 Å². The first kappa shape index (κ1) is 11.1. The van der Waals surface area contributed by atoms with E-state index in [4.69, 9.17) is 4.74 Å². The number of nitrogens with zero attached hydrogens (tertiary/aromatic N) is 3. The summed E-state index contributed by atoms with van der Waals surface area (Å²) in [5.41, 5.74) is 0. The third-order valence-electron chi connectivity index (χ3n) is 2.06. The van der Waals surface area contributed by atoms with E-state index >= 15 is 0 Å². The van der Waals surface area contributed by atoms with Gasteiger partial charge in [-0.3, -0.25) is 0 Å². The molecule has 0 radical (unpaired) electrons. The minimum absolute atomic E-state index is 0.292. The van der Waals surface area contributed by atoms with E-state index in [1.165, 1.54) is 12.1 Å². The zero-order valence-electron chi connectivity index (χ0n) is 8.52. The van der Waals surface area contributed by atoms with Crippen LogP contribution in [0.3, 0.4) is 0 Å². The molecule has 1 heterocycles. The Morgan fingerprint density at radius 2 is 2.31 bits per heavy atom. The number of aryl methyl sites for hydroxylation is 1. The highest BCUT2D eigenvalue weighted by Gasteiger charge is 2.05. The van der Waals surface area contributed by atoms with Crippen molar-refractivity contribution in [1.29, 1.82) is 0 Å². The maximum Gasteiger partial charge on any atom is 0.170 e. The second kappa shape index (κ2) is 4.61. The zero-order chi connectivity index (χ0) is 11.5. The Labute approximate surface area is 100 Å². The van der Waals surface area contributed by atoms with Gasteiger partial charge in [0.25, 0.3) is 0 Å². The van der Waals surface area contributed by atoms with Crippen molar-refractivity contribution in [2.24, 2.45) is 7.05 Å². The Bertz CT molecular complexity index is 501. The summed E-state index contributed by atoms with van der Waals surface area (Å²) in [6.45, 7) is 0.292. The van der Waals surface area contributed by atoms with Gasteiger partial charge in [0.1, 0.15) is 24.5 Å². The molecule has 84 valence electrons. The zero-order valence-corrected chi connectivity index (χ0v) is 10.1. The molecule has 16 heavy (non-hydrogen) atoms. The largest absolute Gasteiger partial charge is 0.484 e. The van der Waals surface area contributed by atoms with Crippen molar-refractivity contribution in [3.8, 4) is 5.75 Å². The van der Waals surface area contributed by atoms with Gasteiger partial charge in [-0.05, 0) is 34.1 Å². The summed E-state index contributed by atoms with van der Waals surface area (Å²) in [6.07, 6.45) is 1.60. The third kappa shape index (κ3) is 2.38. The lowest BCUT2D eigenvalue weighted by Crippen LogP contribution is -2.03. The highest BCUT2D eigenvalue weighted by molar-refractivity contribution is 9.10. The van der Waals surface area contributed by atoms with Gasteiger partial charge in [0.15, 0.2) is 5.82 Å². The first-order chi connectivity index (χ1) is 7.66. The molecule has 0 aliphatic rings. The molecule has 0 aliphatic heterocycles. The van der Waals surface area contributed by atoms with Gasteiger partial charge >= 0.3 is 0 Å². The van der Waals surface area contributed by atoms with Crippen molar-refractivity contribution in [2.75, 3.05) is 0 Å². The normalized spacial score (nSPS) is 10.4. The smallest absolute Gasteiger partial charge is 0.170 e. The molecule has 0 amide bonds. The van der Waals surface area contributed by atoms with E-state index in [1.54, 1.807) is 17.0 Å². The maximum absolute atomic E-state index is 12.8. The Kier molecular flexibility index (Phi) is 3.19. The Balaban J connectivity index is 2.08. The summed E-state index contributed by atoms with van der Waals surface area (Å²) >= 11 is 3.22. The third-order valence-corrected chi connectivity index (χ3v) is 2.68. The predicted octanol–water partition coefficient (Wildman–Crippen LogP) is 2.30. The predicted molar refractivity (Wildman–Crippen MR) is 59.4 cm³/mol. The first-order valence-electron chi connectivity index (χ1n) is 4.57. The van der Waals surface area contributed by atoms with Crippen molar-refractivity contribution >= 4 is 15.9 Å². The van der Waals surface area contributed by atoms with E-state index in [9.17, 15) is 4.39 Å². The van der Waals surface area contributed by atoms with E-state index in [1.807, 2.05) is 7.05 Å². The van der Waals surface area contributed by atoms with Crippen molar-refractivity contribution in [3.05, 3.63) is 40.6 Å². The second-order valence-electron chi connectivity index (χ2n) is 3.22. The fourth-order valence-electron chi connectivity index (χ4n) is 1.17. The van der Waals surface area contributed by atoms with Crippen molar-refractivity contribution in [2.45, 2.75) is 6.61 Å². The Morgan fingerprint density at radius 1 is 1.50 bits per heavy atom. The minimum Gasteiger partial charge on any atom is -0.484 e. The van der Waals surface area contributed by atoms with Crippen LogP contribution in [0.15, 0.2) is 29.0 Å². The summed E-state index contributed by atoms with van der Waals surface area (Å²) < 4.78 is 20.6. The van der Waals surface area contributed by atoms with Gasteiger partial charge in [-0.15, -0.1) is 10.2 Å². The number of halogens is 2. The molecule has 4 nitrogen and oxygen atoms in total. The van der Waals surface area contributed by atoms with Crippen LogP contribution in [0.25, 0.3) is 0 Å². The summed E-state index contributed by atoms with van der Waals surface area (Å²) in [7, 11) is 1.83. The summed E-state index contributed by atoms with van der Waals surface area (Å²) in [4.78, 5) is 0. The monoisotopic (exact) mass is 285 g/mol. The Morgan fingerprint density at radius 3 is 2.94 bits per heavy atom. The molecule has 0 unspecified atom stereocenters. The molecule has 0 bridgehead atoms. The number of hydrogen-bond acceptors (Lipinski definition) is 3. The average molecular weight is 286 g/mol. The molecule has 0 aliphatic carbocycles. The molecule has 0 N–H and O–H groups in total. The van der Waals surface area contributed by atoms with Crippen molar-refractivity contribution in [3.63, 3.8) is 0 Å². The van der Waals surface area contributed by atoms with E-state index in [0.717, 1.165) is 0 Å². The number of rotatable bonds is 3. The summed E-state index contributed by atoms with van der Waals surface area (Å²) in [6, 6.07) is 4.26. The van der Waals surface area contributed by atoms with Crippen LogP contribution in [-0.2, 0) is 13.7 Å². The number of hydrogen-bond donors (Lipinski definition) is 0. The molecule has 2 aromatic rings. The summed E-state index contributed by atoms with van der Waals surface area (Å²) in [5.74, 6) is 0.971. The second-order valence-corrected chi connectivity index (χ2v) is 4.08. The van der Waals surface area contributed by atoms with Crippen molar-refractivity contribution < 1.29 is 9.13 Å². The number of aromatic nitrogens is 3. The topological polar surface area (TPSA) is 39.9 Å². The van der Waals surface area contributed by atoms with Gasteiger partial charge in [0, 0.05) is 7.05 Å². The fourth-order valence-corrected chi connectivity index (χ4v) is 1.64. The lowest BCUT2D eigenvalue weighted by atomic mass is 10.3. The molecule has 0 fully saturated rings. The molecule has 2 rings (SSSR count). The maximum atomic E-state index is 12.8. The molecule has 6 heteroatoms. The van der Waals surface area contributed by atoms with E-state index in [-0.39, 0.29) is 5.82 Å². The minimum atomic E-state index is -0.308. The number of ether oxygens (including phenoxy) is 1. The number of benzene rings is 1. The molecule has 1 aromatic carbocycles. The van der Waals surface area contributed by atoms with Gasteiger partial charge in [0.2, 0.25) is 0 Å². The Hall–Kier alpha value is -1.43. The molecule has 0 saturated heterocycles. The molecular formula is C10H9BrFN3O. The van der Waals surface area contributed by atoms with E-state index in [0.29, 0.717) is 22.7 Å². The van der Waals surface area contributed by atoms with E-state index < -0.39 is 0 Å². The van der Waals surface area contributed by atoms with Crippen LogP contribution >= 0.6 is 15.9 Å². The van der Waals surface area contributed by atoms with Gasteiger partial charge < -0.3 is 9.30 Å². The highest BCUT2D eigenvalue weighted by atomic mass is 79.9. The van der Waals surface area contributed by atoms with Gasteiger partial charge in [-0.1, -0.05) is 0 Å². The van der Waals surface area contributed by atoms with Crippen LogP contribution in [-0.4, -0.2) is 14.8 Å². The quantitative estimate of drug-likeness (QED) is 0.869. The molecule has 0 spiro atoms. The standard InChI is InChI=1S/C10H9BrFN3O/c1-15-6-13-14-10(15)5-16-9-3-2-7(12)4-8(9)11/h2-4,6H,5H2,1H3.